The molecule has 1 amide bonds. The molecule has 4 rings (SSSR count). The average Bonchev–Trinajstić information content (AvgIpc) is 2.82. The number of benzene rings is 2. The van der Waals surface area contributed by atoms with E-state index in [1.165, 1.54) is 11.0 Å². The fraction of sp³-hybridized carbons (Fsp3) is 0.263. The van der Waals surface area contributed by atoms with Crippen molar-refractivity contribution in [2.75, 3.05) is 25.2 Å². The first-order valence-corrected chi connectivity index (χ1v) is 8.51. The van der Waals surface area contributed by atoms with E-state index in [9.17, 15) is 14.7 Å². The van der Waals surface area contributed by atoms with Crippen LogP contribution in [0.4, 0.5) is 5.69 Å². The number of halogens is 1. The summed E-state index contributed by atoms with van der Waals surface area (Å²) in [7, 11) is 1.56. The average molecular weight is 374 g/mol. The van der Waals surface area contributed by atoms with Crippen LogP contribution < -0.4 is 14.4 Å². The van der Waals surface area contributed by atoms with Crippen LogP contribution in [0.3, 0.4) is 0 Å². The van der Waals surface area contributed by atoms with E-state index in [2.05, 4.69) is 0 Å². The Morgan fingerprint density at radius 2 is 1.92 bits per heavy atom. The zero-order valence-corrected chi connectivity index (χ0v) is 14.7. The summed E-state index contributed by atoms with van der Waals surface area (Å²) in [6.45, 7) is 0.863. The number of likely N-dealkylation sites (N-methyl/N-ethyl adjacent to an activating group) is 1. The number of Topliss-reactive ketones (excluding diaryl/α,β-unsaturated/α-hetero) is 1. The number of carbonyl (C=O) groups excluding carboxylic acids is 2. The second-order valence-corrected chi connectivity index (χ2v) is 6.78. The number of carbonyl (C=O) groups is 2. The minimum Gasteiger partial charge on any atom is -0.486 e. The van der Waals surface area contributed by atoms with Gasteiger partial charge < -0.3 is 19.5 Å². The zero-order valence-electron chi connectivity index (χ0n) is 14.0. The van der Waals surface area contributed by atoms with E-state index in [1.807, 2.05) is 0 Å². The van der Waals surface area contributed by atoms with Crippen molar-refractivity contribution in [2.45, 2.75) is 12.0 Å². The molecule has 0 saturated heterocycles. The van der Waals surface area contributed by atoms with Gasteiger partial charge in [0.2, 0.25) is 0 Å². The lowest BCUT2D eigenvalue weighted by Gasteiger charge is -2.22. The minimum atomic E-state index is -1.95. The van der Waals surface area contributed by atoms with Crippen LogP contribution in [0.5, 0.6) is 11.5 Å². The van der Waals surface area contributed by atoms with E-state index >= 15 is 0 Å². The molecule has 0 aromatic heterocycles. The number of fused-ring (bicyclic) bond motifs is 2. The molecule has 2 aromatic carbocycles. The van der Waals surface area contributed by atoms with Crippen molar-refractivity contribution in [3.63, 3.8) is 0 Å². The first-order valence-electron chi connectivity index (χ1n) is 8.13. The predicted molar refractivity (Wildman–Crippen MR) is 95.1 cm³/mol. The van der Waals surface area contributed by atoms with Crippen LogP contribution in [0, 0.1) is 0 Å². The lowest BCUT2D eigenvalue weighted by atomic mass is 9.88. The molecule has 0 spiro atoms. The first kappa shape index (κ1) is 16.9. The molecule has 6 nitrogen and oxygen atoms in total. The molecule has 2 aromatic rings. The number of ether oxygens (including phenoxy) is 2. The molecule has 26 heavy (non-hydrogen) atoms. The van der Waals surface area contributed by atoms with Crippen LogP contribution >= 0.6 is 11.6 Å². The molecule has 2 heterocycles. The molecule has 0 aliphatic carbocycles. The number of anilines is 1. The van der Waals surface area contributed by atoms with Crippen molar-refractivity contribution in [3.8, 4) is 11.5 Å². The molecule has 1 N–H and O–H groups in total. The van der Waals surface area contributed by atoms with Crippen LogP contribution in [0.2, 0.25) is 5.02 Å². The van der Waals surface area contributed by atoms with Gasteiger partial charge in [-0.05, 0) is 36.4 Å². The molecule has 0 radical (unpaired) electrons. The van der Waals surface area contributed by atoms with E-state index in [-0.39, 0.29) is 12.2 Å². The second kappa shape index (κ2) is 6.00. The van der Waals surface area contributed by atoms with Crippen LogP contribution in [-0.2, 0) is 10.4 Å². The number of rotatable bonds is 3. The molecule has 7 heteroatoms. The molecular weight excluding hydrogens is 358 g/mol. The lowest BCUT2D eigenvalue weighted by molar-refractivity contribution is -0.135. The quantitative estimate of drug-likeness (QED) is 0.837. The standard InChI is InChI=1S/C19H16ClNO5/c1-21-14-4-3-12(20)9-13(14)19(24,18(21)23)10-15(22)11-2-5-16-17(8-11)26-7-6-25-16/h2-5,8-9,24H,6-7,10H2,1H3/t19-/m0/s1. The van der Waals surface area contributed by atoms with Crippen molar-refractivity contribution in [3.05, 3.63) is 52.5 Å². The summed E-state index contributed by atoms with van der Waals surface area (Å²) in [6.07, 6.45) is -0.386. The van der Waals surface area contributed by atoms with Crippen molar-refractivity contribution < 1.29 is 24.2 Å². The van der Waals surface area contributed by atoms with E-state index < -0.39 is 11.5 Å². The highest BCUT2D eigenvalue weighted by molar-refractivity contribution is 6.31. The van der Waals surface area contributed by atoms with E-state index in [0.29, 0.717) is 46.5 Å². The second-order valence-electron chi connectivity index (χ2n) is 6.34. The first-order chi connectivity index (χ1) is 12.4. The molecule has 0 bridgehead atoms. The number of hydrogen-bond donors (Lipinski definition) is 1. The normalized spacial score (nSPS) is 20.9. The van der Waals surface area contributed by atoms with Crippen molar-refractivity contribution >= 4 is 29.0 Å². The van der Waals surface area contributed by atoms with Gasteiger partial charge in [-0.2, -0.15) is 0 Å². The van der Waals surface area contributed by atoms with Crippen LogP contribution in [0.1, 0.15) is 22.3 Å². The Bertz CT molecular complexity index is 928. The van der Waals surface area contributed by atoms with Gasteiger partial charge in [0.05, 0.1) is 12.1 Å². The fourth-order valence-corrected chi connectivity index (χ4v) is 3.53. The topological polar surface area (TPSA) is 76.1 Å². The van der Waals surface area contributed by atoms with Gasteiger partial charge in [0.15, 0.2) is 22.9 Å². The van der Waals surface area contributed by atoms with Crippen molar-refractivity contribution in [1.82, 2.24) is 0 Å². The lowest BCUT2D eigenvalue weighted by Crippen LogP contribution is -2.40. The van der Waals surface area contributed by atoms with Gasteiger partial charge in [-0.25, -0.2) is 0 Å². The third-order valence-electron chi connectivity index (χ3n) is 4.70. The van der Waals surface area contributed by atoms with Gasteiger partial charge in [0.1, 0.15) is 13.2 Å². The van der Waals surface area contributed by atoms with Gasteiger partial charge in [0.25, 0.3) is 5.91 Å². The molecule has 134 valence electrons. The molecule has 0 saturated carbocycles. The number of nitrogens with zero attached hydrogens (tertiary/aromatic N) is 1. The molecule has 0 fully saturated rings. The Labute approximate surface area is 154 Å². The van der Waals surface area contributed by atoms with E-state index in [0.717, 1.165) is 0 Å². The largest absolute Gasteiger partial charge is 0.486 e. The summed E-state index contributed by atoms with van der Waals surface area (Å²) in [6, 6.07) is 9.64. The van der Waals surface area contributed by atoms with Gasteiger partial charge >= 0.3 is 0 Å². The van der Waals surface area contributed by atoms with Crippen molar-refractivity contribution in [1.29, 1.82) is 0 Å². The number of hydrogen-bond acceptors (Lipinski definition) is 5. The van der Waals surface area contributed by atoms with Gasteiger partial charge in [-0.15, -0.1) is 0 Å². The number of ketones is 1. The highest BCUT2D eigenvalue weighted by Crippen LogP contribution is 2.43. The third kappa shape index (κ3) is 2.53. The summed E-state index contributed by atoms with van der Waals surface area (Å²) in [5.74, 6) is 0.118. The molecule has 2 aliphatic heterocycles. The van der Waals surface area contributed by atoms with Gasteiger partial charge in [0, 0.05) is 23.2 Å². The number of aliphatic hydroxyl groups is 1. The monoisotopic (exact) mass is 373 g/mol. The molecule has 2 aliphatic rings. The summed E-state index contributed by atoms with van der Waals surface area (Å²) < 4.78 is 10.9. The SMILES string of the molecule is CN1C(=O)[C@](O)(CC(=O)c2ccc3c(c2)OCCO3)c2cc(Cl)ccc21. The van der Waals surface area contributed by atoms with Gasteiger partial charge in [-0.3, -0.25) is 9.59 Å². The van der Waals surface area contributed by atoms with Crippen molar-refractivity contribution in [2.24, 2.45) is 0 Å². The maximum Gasteiger partial charge on any atom is 0.263 e. The summed E-state index contributed by atoms with van der Waals surface area (Å²) >= 11 is 6.02. The third-order valence-corrected chi connectivity index (χ3v) is 4.94. The predicted octanol–water partition coefficient (Wildman–Crippen LogP) is 2.55. The maximum absolute atomic E-state index is 12.8. The summed E-state index contributed by atoms with van der Waals surface area (Å²) in [4.78, 5) is 26.7. The Balaban J connectivity index is 1.67. The van der Waals surface area contributed by atoms with Crippen LogP contribution in [-0.4, -0.2) is 37.1 Å². The summed E-state index contributed by atoms with van der Waals surface area (Å²) in [5.41, 5.74) is -0.729. The maximum atomic E-state index is 12.8. The Morgan fingerprint density at radius 3 is 2.69 bits per heavy atom. The minimum absolute atomic E-state index is 0.336. The Hall–Kier alpha value is -2.57. The highest BCUT2D eigenvalue weighted by atomic mass is 35.5. The molecule has 0 unspecified atom stereocenters. The van der Waals surface area contributed by atoms with E-state index in [1.54, 1.807) is 37.4 Å². The fourth-order valence-electron chi connectivity index (χ4n) is 3.36. The highest BCUT2D eigenvalue weighted by Gasteiger charge is 2.49. The number of amides is 1. The smallest absolute Gasteiger partial charge is 0.263 e. The summed E-state index contributed by atoms with van der Waals surface area (Å²) in [5, 5.41) is 11.4. The van der Waals surface area contributed by atoms with Crippen LogP contribution in [0.15, 0.2) is 36.4 Å². The molecule has 1 atom stereocenters. The van der Waals surface area contributed by atoms with E-state index in [4.69, 9.17) is 21.1 Å². The zero-order chi connectivity index (χ0) is 18.5. The molecular formula is C19H16ClNO5. The Kier molecular flexibility index (Phi) is 3.89. The van der Waals surface area contributed by atoms with Crippen LogP contribution in [0.25, 0.3) is 0 Å². The Morgan fingerprint density at radius 1 is 1.19 bits per heavy atom. The van der Waals surface area contributed by atoms with Gasteiger partial charge in [-0.1, -0.05) is 11.6 Å².